The third kappa shape index (κ3) is 6.21. The summed E-state index contributed by atoms with van der Waals surface area (Å²) in [6.07, 6.45) is 5.23. The maximum absolute atomic E-state index is 5.35. The molecule has 0 aliphatic carbocycles. The molecule has 0 aliphatic rings. The Kier molecular flexibility index (Phi) is 3.76. The fourth-order valence-electron chi connectivity index (χ4n) is 0.395. The summed E-state index contributed by atoms with van der Waals surface area (Å²) in [5.41, 5.74) is -0.712. The van der Waals surface area contributed by atoms with Crippen LogP contribution < -0.4 is 0 Å². The molecule has 0 atom stereocenters. The Bertz CT molecular complexity index is 169. The van der Waals surface area contributed by atoms with Gasteiger partial charge in [0.05, 0.1) is 5.60 Å². The number of hydrogen-bond acceptors (Lipinski definition) is 2. The van der Waals surface area contributed by atoms with Gasteiger partial charge in [0.2, 0.25) is 0 Å². The minimum atomic E-state index is -0.536. The van der Waals surface area contributed by atoms with Crippen molar-refractivity contribution in [1.29, 1.82) is 0 Å². The summed E-state index contributed by atoms with van der Waals surface area (Å²) >= 11 is 0. The van der Waals surface area contributed by atoms with Crippen molar-refractivity contribution < 1.29 is 9.47 Å². The van der Waals surface area contributed by atoms with Crippen LogP contribution in [-0.4, -0.2) is 18.0 Å². The molecule has 0 saturated carbocycles. The molecule has 0 rings (SSSR count). The first-order valence-electron chi connectivity index (χ1n) is 4.02. The molecule has 0 saturated heterocycles. The van der Waals surface area contributed by atoms with Gasteiger partial charge in [0.15, 0.2) is 0 Å². The lowest BCUT2D eigenvalue weighted by Crippen LogP contribution is -2.28. The van der Waals surface area contributed by atoms with Gasteiger partial charge in [-0.1, -0.05) is 5.92 Å². The van der Waals surface area contributed by atoms with Gasteiger partial charge in [0.25, 0.3) is 0 Å². The highest BCUT2D eigenvalue weighted by Crippen LogP contribution is 2.11. The summed E-state index contributed by atoms with van der Waals surface area (Å²) in [6.45, 7) is 9.82. The summed E-state index contributed by atoms with van der Waals surface area (Å²) in [4.78, 5) is 0. The van der Waals surface area contributed by atoms with Crippen molar-refractivity contribution in [2.24, 2.45) is 0 Å². The van der Waals surface area contributed by atoms with Crippen molar-refractivity contribution in [2.75, 3.05) is 6.79 Å². The van der Waals surface area contributed by atoms with Crippen LogP contribution in [0.15, 0.2) is 0 Å². The van der Waals surface area contributed by atoms with E-state index < -0.39 is 5.60 Å². The summed E-state index contributed by atoms with van der Waals surface area (Å²) in [7, 11) is 0. The molecule has 0 unspecified atom stereocenters. The van der Waals surface area contributed by atoms with E-state index in [2.05, 4.69) is 5.92 Å². The molecular weight excluding hydrogens is 152 g/mol. The molecular formula is C10H18O2. The van der Waals surface area contributed by atoms with Gasteiger partial charge in [-0.3, -0.25) is 0 Å². The molecule has 70 valence electrons. The topological polar surface area (TPSA) is 18.5 Å². The van der Waals surface area contributed by atoms with Crippen molar-refractivity contribution in [3.63, 3.8) is 0 Å². The Morgan fingerprint density at radius 3 is 1.92 bits per heavy atom. The van der Waals surface area contributed by atoms with Crippen LogP contribution >= 0.6 is 0 Å². The van der Waals surface area contributed by atoms with E-state index in [0.717, 1.165) is 0 Å². The maximum Gasteiger partial charge on any atom is 0.149 e. The van der Waals surface area contributed by atoms with E-state index in [-0.39, 0.29) is 12.4 Å². The first kappa shape index (κ1) is 11.5. The lowest BCUT2D eigenvalue weighted by atomic mass is 10.1. The fourth-order valence-corrected chi connectivity index (χ4v) is 0.395. The Morgan fingerprint density at radius 2 is 1.58 bits per heavy atom. The van der Waals surface area contributed by atoms with Crippen molar-refractivity contribution in [3.8, 4) is 12.3 Å². The molecule has 0 bridgehead atoms. The molecule has 0 aromatic heterocycles. The Balaban J connectivity index is 3.66. The minimum Gasteiger partial charge on any atom is -0.350 e. The predicted octanol–water partition coefficient (Wildman–Crippen LogP) is 2.19. The Morgan fingerprint density at radius 1 is 1.08 bits per heavy atom. The lowest BCUT2D eigenvalue weighted by Gasteiger charge is -2.24. The summed E-state index contributed by atoms with van der Waals surface area (Å²) in [5.74, 6) is 2.53. The van der Waals surface area contributed by atoms with E-state index >= 15 is 0 Å². The van der Waals surface area contributed by atoms with Crippen molar-refractivity contribution in [1.82, 2.24) is 0 Å². The summed E-state index contributed by atoms with van der Waals surface area (Å²) < 4.78 is 10.6. The number of rotatable bonds is 3. The molecule has 0 aromatic carbocycles. The Labute approximate surface area is 75.3 Å². The zero-order valence-corrected chi connectivity index (χ0v) is 8.60. The number of hydrogen-bond donors (Lipinski definition) is 0. The quantitative estimate of drug-likeness (QED) is 0.477. The third-order valence-corrected chi connectivity index (χ3v) is 1.26. The molecule has 2 nitrogen and oxygen atoms in total. The average molecular weight is 170 g/mol. The molecule has 0 aromatic rings. The van der Waals surface area contributed by atoms with Gasteiger partial charge in [-0.15, -0.1) is 6.42 Å². The lowest BCUT2D eigenvalue weighted by molar-refractivity contribution is -0.153. The van der Waals surface area contributed by atoms with Crippen LogP contribution in [0.5, 0.6) is 0 Å². The molecule has 0 N–H and O–H groups in total. The van der Waals surface area contributed by atoms with E-state index in [9.17, 15) is 0 Å². The van der Waals surface area contributed by atoms with Crippen LogP contribution in [0.3, 0.4) is 0 Å². The molecule has 0 radical (unpaired) electrons. The van der Waals surface area contributed by atoms with E-state index in [4.69, 9.17) is 15.9 Å². The van der Waals surface area contributed by atoms with Gasteiger partial charge in [-0.2, -0.15) is 0 Å². The monoisotopic (exact) mass is 170 g/mol. The van der Waals surface area contributed by atoms with E-state index in [1.807, 2.05) is 34.6 Å². The van der Waals surface area contributed by atoms with E-state index in [0.29, 0.717) is 0 Å². The smallest absolute Gasteiger partial charge is 0.149 e. The van der Waals surface area contributed by atoms with Crippen LogP contribution in [0.1, 0.15) is 34.6 Å². The maximum atomic E-state index is 5.35. The second kappa shape index (κ2) is 3.93. The summed E-state index contributed by atoms with van der Waals surface area (Å²) in [6, 6.07) is 0. The van der Waals surface area contributed by atoms with Crippen LogP contribution in [0.4, 0.5) is 0 Å². The van der Waals surface area contributed by atoms with Crippen LogP contribution in [0.2, 0.25) is 0 Å². The largest absolute Gasteiger partial charge is 0.350 e. The normalized spacial score (nSPS) is 12.7. The summed E-state index contributed by atoms with van der Waals surface area (Å²) in [5, 5.41) is 0. The third-order valence-electron chi connectivity index (χ3n) is 1.26. The van der Waals surface area contributed by atoms with Gasteiger partial charge in [-0.05, 0) is 34.6 Å². The zero-order chi connectivity index (χ0) is 9.83. The molecule has 0 aliphatic heterocycles. The molecule has 0 spiro atoms. The van der Waals surface area contributed by atoms with Crippen molar-refractivity contribution in [3.05, 3.63) is 0 Å². The highest BCUT2D eigenvalue weighted by Gasteiger charge is 2.16. The van der Waals surface area contributed by atoms with Gasteiger partial charge >= 0.3 is 0 Å². The highest BCUT2D eigenvalue weighted by molar-refractivity contribution is 5.02. The van der Waals surface area contributed by atoms with Gasteiger partial charge in [-0.25, -0.2) is 0 Å². The predicted molar refractivity (Wildman–Crippen MR) is 49.7 cm³/mol. The second-order valence-electron chi connectivity index (χ2n) is 4.17. The molecule has 0 fully saturated rings. The first-order valence-corrected chi connectivity index (χ1v) is 4.02. The standard InChI is InChI=1S/C10H18O2/c1-7-10(5,6)12-8-11-9(2,3)4/h1H,8H2,2-6H3. The van der Waals surface area contributed by atoms with Crippen LogP contribution in [0, 0.1) is 12.3 Å². The van der Waals surface area contributed by atoms with Crippen molar-refractivity contribution >= 4 is 0 Å². The van der Waals surface area contributed by atoms with Crippen LogP contribution in [0.25, 0.3) is 0 Å². The molecule has 0 heterocycles. The number of ether oxygens (including phenoxy) is 2. The fraction of sp³-hybridized carbons (Fsp3) is 0.800. The first-order chi connectivity index (χ1) is 5.27. The second-order valence-corrected chi connectivity index (χ2v) is 4.17. The average Bonchev–Trinajstić information content (AvgIpc) is 1.84. The highest BCUT2D eigenvalue weighted by atomic mass is 16.7. The van der Waals surface area contributed by atoms with Crippen molar-refractivity contribution in [2.45, 2.75) is 45.8 Å². The molecule has 12 heavy (non-hydrogen) atoms. The van der Waals surface area contributed by atoms with Gasteiger partial charge in [0, 0.05) is 0 Å². The Hall–Kier alpha value is -0.520. The van der Waals surface area contributed by atoms with E-state index in [1.165, 1.54) is 0 Å². The van der Waals surface area contributed by atoms with Crippen LogP contribution in [-0.2, 0) is 9.47 Å². The van der Waals surface area contributed by atoms with Gasteiger partial charge in [0.1, 0.15) is 12.4 Å². The molecule has 2 heteroatoms. The van der Waals surface area contributed by atoms with Gasteiger partial charge < -0.3 is 9.47 Å². The zero-order valence-electron chi connectivity index (χ0n) is 8.60. The number of terminal acetylenes is 1. The molecule has 0 amide bonds. The SMILES string of the molecule is C#CC(C)(C)OCOC(C)(C)C. The minimum absolute atomic E-state index is 0.176. The van der Waals surface area contributed by atoms with E-state index in [1.54, 1.807) is 0 Å².